The molecule has 3 rings (SSSR count). The Morgan fingerprint density at radius 2 is 1.85 bits per heavy atom. The Morgan fingerprint density at radius 1 is 1.15 bits per heavy atom. The maximum absolute atomic E-state index is 12.4. The first-order chi connectivity index (χ1) is 12.9. The van der Waals surface area contributed by atoms with E-state index in [-0.39, 0.29) is 18.2 Å². The zero-order valence-corrected chi connectivity index (χ0v) is 16.3. The Kier molecular flexibility index (Phi) is 5.71. The average molecular weight is 382 g/mol. The van der Waals surface area contributed by atoms with Crippen LogP contribution in [-0.4, -0.2) is 16.4 Å². The van der Waals surface area contributed by atoms with Crippen molar-refractivity contribution in [3.05, 3.63) is 64.5 Å². The normalized spacial score (nSPS) is 12.8. The van der Waals surface area contributed by atoms with Gasteiger partial charge in [0.25, 0.3) is 0 Å². The van der Waals surface area contributed by atoms with Crippen LogP contribution in [0.5, 0.6) is 0 Å². The molecule has 3 aromatic rings. The van der Waals surface area contributed by atoms with Crippen LogP contribution in [0.3, 0.4) is 0 Å². The van der Waals surface area contributed by atoms with E-state index < -0.39 is 6.04 Å². The van der Waals surface area contributed by atoms with Crippen molar-refractivity contribution in [2.45, 2.75) is 26.3 Å². The van der Waals surface area contributed by atoms with Crippen LogP contribution in [-0.2, 0) is 16.6 Å². The molecule has 1 unspecified atom stereocenters. The summed E-state index contributed by atoms with van der Waals surface area (Å²) in [6, 6.07) is 15.3. The molecule has 0 aliphatic carbocycles. The predicted molar refractivity (Wildman–Crippen MR) is 107 cm³/mol. The van der Waals surface area contributed by atoms with E-state index in [0.717, 1.165) is 21.3 Å². The monoisotopic (exact) mass is 382 g/mol. The van der Waals surface area contributed by atoms with E-state index in [0.29, 0.717) is 4.80 Å². The molecule has 0 bridgehead atoms. The average Bonchev–Trinajstić information content (AvgIpc) is 2.96. The van der Waals surface area contributed by atoms with Gasteiger partial charge in [0.2, 0.25) is 16.6 Å². The summed E-state index contributed by atoms with van der Waals surface area (Å²) in [5.41, 5.74) is 5.68. The summed E-state index contributed by atoms with van der Waals surface area (Å²) in [5.74, 6) is -0.437. The van der Waals surface area contributed by atoms with Crippen molar-refractivity contribution >= 4 is 33.4 Å². The van der Waals surface area contributed by atoms with Crippen molar-refractivity contribution in [1.82, 2.24) is 15.3 Å². The molecule has 27 heavy (non-hydrogen) atoms. The second kappa shape index (κ2) is 8.18. The van der Waals surface area contributed by atoms with Gasteiger partial charge in [-0.3, -0.25) is 9.59 Å². The third-order valence-corrected chi connectivity index (χ3v) is 5.35. The Morgan fingerprint density at radius 3 is 2.52 bits per heavy atom. The number of aryl methyl sites for hydroxylation is 2. The molecule has 1 atom stereocenters. The van der Waals surface area contributed by atoms with Gasteiger partial charge in [0.1, 0.15) is 0 Å². The molecule has 0 aliphatic rings. The lowest BCUT2D eigenvalue weighted by Crippen LogP contribution is -2.32. The van der Waals surface area contributed by atoms with Crippen molar-refractivity contribution < 1.29 is 9.59 Å². The Bertz CT molecular complexity index is 1030. The van der Waals surface area contributed by atoms with Crippen molar-refractivity contribution in [1.29, 1.82) is 0 Å². The Labute approximate surface area is 161 Å². The van der Waals surface area contributed by atoms with Gasteiger partial charge in [0.15, 0.2) is 0 Å². The van der Waals surface area contributed by atoms with Crippen molar-refractivity contribution in [2.75, 3.05) is 0 Å². The molecule has 0 saturated heterocycles. The molecule has 0 aliphatic heterocycles. The summed E-state index contributed by atoms with van der Waals surface area (Å²) < 4.78 is 3.04. The van der Waals surface area contributed by atoms with Gasteiger partial charge in [-0.05, 0) is 24.6 Å². The first-order valence-electron chi connectivity index (χ1n) is 8.65. The van der Waals surface area contributed by atoms with E-state index in [2.05, 4.69) is 15.8 Å². The molecule has 0 spiro atoms. The smallest absolute Gasteiger partial charge is 0.242 e. The molecule has 0 saturated carbocycles. The first-order valence-corrected chi connectivity index (χ1v) is 9.46. The highest BCUT2D eigenvalue weighted by Crippen LogP contribution is 2.18. The van der Waals surface area contributed by atoms with Gasteiger partial charge in [-0.15, -0.1) is 5.10 Å². The molecule has 2 N–H and O–H groups in total. The number of carbonyl (C=O) groups excluding carboxylic acids is 2. The highest BCUT2D eigenvalue weighted by Gasteiger charge is 2.17. The lowest BCUT2D eigenvalue weighted by atomic mass is 10.0. The SMILES string of the molecule is CC(=O)NC(CC(=O)N/N=c1\sc2ccccc2n1C)c1ccc(C)cc1. The molecular weight excluding hydrogens is 360 g/mol. The Hall–Kier alpha value is -2.93. The molecule has 7 heteroatoms. The zero-order chi connectivity index (χ0) is 19.4. The number of hydrogen-bond acceptors (Lipinski definition) is 4. The highest BCUT2D eigenvalue weighted by molar-refractivity contribution is 7.16. The molecule has 2 aromatic carbocycles. The third-order valence-electron chi connectivity index (χ3n) is 4.24. The lowest BCUT2D eigenvalue weighted by molar-refractivity contribution is -0.122. The number of fused-ring (bicyclic) bond motifs is 1. The van der Waals surface area contributed by atoms with Crippen LogP contribution in [0.15, 0.2) is 53.6 Å². The number of benzene rings is 2. The maximum Gasteiger partial charge on any atom is 0.242 e. The van der Waals surface area contributed by atoms with E-state index in [9.17, 15) is 9.59 Å². The van der Waals surface area contributed by atoms with Crippen LogP contribution in [0.4, 0.5) is 0 Å². The van der Waals surface area contributed by atoms with Gasteiger partial charge in [-0.1, -0.05) is 53.3 Å². The molecule has 1 heterocycles. The number of carbonyl (C=O) groups is 2. The van der Waals surface area contributed by atoms with E-state index in [4.69, 9.17) is 0 Å². The van der Waals surface area contributed by atoms with Gasteiger partial charge >= 0.3 is 0 Å². The van der Waals surface area contributed by atoms with Crippen LogP contribution < -0.4 is 15.5 Å². The van der Waals surface area contributed by atoms with Gasteiger partial charge in [-0.2, -0.15) is 0 Å². The number of hydrogen-bond donors (Lipinski definition) is 2. The largest absolute Gasteiger partial charge is 0.349 e. The lowest BCUT2D eigenvalue weighted by Gasteiger charge is -2.17. The molecule has 6 nitrogen and oxygen atoms in total. The first kappa shape index (κ1) is 18.8. The van der Waals surface area contributed by atoms with Crippen molar-refractivity contribution in [3.63, 3.8) is 0 Å². The van der Waals surface area contributed by atoms with Crippen molar-refractivity contribution in [2.24, 2.45) is 12.1 Å². The van der Waals surface area contributed by atoms with Crippen LogP contribution in [0, 0.1) is 6.92 Å². The molecular formula is C20H22N4O2S. The van der Waals surface area contributed by atoms with E-state index in [1.807, 2.05) is 67.1 Å². The fourth-order valence-corrected chi connectivity index (χ4v) is 3.81. The fourth-order valence-electron chi connectivity index (χ4n) is 2.83. The number of nitrogens with zero attached hydrogens (tertiary/aromatic N) is 2. The molecule has 1 aromatic heterocycles. The molecule has 2 amide bonds. The van der Waals surface area contributed by atoms with Crippen LogP contribution in [0.1, 0.15) is 30.5 Å². The summed E-state index contributed by atoms with van der Waals surface area (Å²) in [5, 5.41) is 7.09. The second-order valence-corrected chi connectivity index (χ2v) is 7.44. The van der Waals surface area contributed by atoms with Crippen molar-refractivity contribution in [3.8, 4) is 0 Å². The summed E-state index contributed by atoms with van der Waals surface area (Å²) >= 11 is 1.51. The van der Waals surface area contributed by atoms with Gasteiger partial charge in [-0.25, -0.2) is 5.43 Å². The number of aromatic nitrogens is 1. The minimum absolute atomic E-state index is 0.112. The number of rotatable bonds is 5. The standard InChI is InChI=1S/C20H22N4O2S/c1-13-8-10-15(11-9-13)16(21-14(2)25)12-19(26)22-23-20-24(3)17-6-4-5-7-18(17)27-20/h4-11,16H,12H2,1-3H3,(H,21,25)(H,22,26)/b23-20-. The van der Waals surface area contributed by atoms with E-state index in [1.165, 1.54) is 18.3 Å². The van der Waals surface area contributed by atoms with Crippen LogP contribution >= 0.6 is 11.3 Å². The third kappa shape index (κ3) is 4.62. The maximum atomic E-state index is 12.4. The summed E-state index contributed by atoms with van der Waals surface area (Å²) in [4.78, 5) is 24.7. The van der Waals surface area contributed by atoms with Gasteiger partial charge in [0, 0.05) is 14.0 Å². The second-order valence-electron chi connectivity index (χ2n) is 6.43. The van der Waals surface area contributed by atoms with Crippen LogP contribution in [0.2, 0.25) is 0 Å². The summed E-state index contributed by atoms with van der Waals surface area (Å²) in [6.45, 7) is 3.44. The number of nitrogens with one attached hydrogen (secondary N) is 2. The van der Waals surface area contributed by atoms with E-state index in [1.54, 1.807) is 0 Å². The van der Waals surface area contributed by atoms with Gasteiger partial charge in [0.05, 0.1) is 22.7 Å². The van der Waals surface area contributed by atoms with Crippen LogP contribution in [0.25, 0.3) is 10.2 Å². The molecule has 140 valence electrons. The number of thiazole rings is 1. The predicted octanol–water partition coefficient (Wildman–Crippen LogP) is 2.75. The molecule has 0 fully saturated rings. The minimum atomic E-state index is -0.394. The topological polar surface area (TPSA) is 75.5 Å². The van der Waals surface area contributed by atoms with E-state index >= 15 is 0 Å². The highest BCUT2D eigenvalue weighted by atomic mass is 32.1. The fraction of sp³-hybridized carbons (Fsp3) is 0.250. The minimum Gasteiger partial charge on any atom is -0.349 e. The summed E-state index contributed by atoms with van der Waals surface area (Å²) in [7, 11) is 1.91. The quantitative estimate of drug-likeness (QED) is 0.666. The number of amides is 2. The number of para-hydroxylation sites is 1. The molecule has 0 radical (unpaired) electrons. The van der Waals surface area contributed by atoms with Gasteiger partial charge < -0.3 is 9.88 Å². The zero-order valence-electron chi connectivity index (χ0n) is 15.5. The Balaban J connectivity index is 1.76. The summed E-state index contributed by atoms with van der Waals surface area (Å²) in [6.07, 6.45) is 0.112.